The summed E-state index contributed by atoms with van der Waals surface area (Å²) in [6, 6.07) is 10.1. The number of nitro benzene ring substituents is 1. The molecule has 29 heavy (non-hydrogen) atoms. The van der Waals surface area contributed by atoms with Crippen molar-refractivity contribution in [2.75, 3.05) is 11.9 Å². The van der Waals surface area contributed by atoms with Crippen LogP contribution in [0.5, 0.6) is 0 Å². The molecule has 0 aliphatic carbocycles. The summed E-state index contributed by atoms with van der Waals surface area (Å²) in [5, 5.41) is 16.2. The molecule has 2 aromatic rings. The summed E-state index contributed by atoms with van der Waals surface area (Å²) in [4.78, 5) is 48.9. The predicted octanol–water partition coefficient (Wildman–Crippen LogP) is 3.07. The molecule has 1 saturated heterocycles. The van der Waals surface area contributed by atoms with Crippen molar-refractivity contribution in [1.82, 2.24) is 10.2 Å². The van der Waals surface area contributed by atoms with Crippen LogP contribution in [0.15, 0.2) is 46.9 Å². The van der Waals surface area contributed by atoms with Gasteiger partial charge in [-0.15, -0.1) is 0 Å². The van der Waals surface area contributed by atoms with E-state index in [2.05, 4.69) is 26.6 Å². The molecule has 1 atom stereocenters. The molecular formula is C19H17BrN4O5. The van der Waals surface area contributed by atoms with Gasteiger partial charge in [-0.05, 0) is 53.0 Å². The maximum absolute atomic E-state index is 12.9. The number of amides is 4. The van der Waals surface area contributed by atoms with Crippen molar-refractivity contribution >= 4 is 45.2 Å². The van der Waals surface area contributed by atoms with Crippen LogP contribution in [-0.2, 0) is 15.1 Å². The largest absolute Gasteiger partial charge is 0.325 e. The monoisotopic (exact) mass is 460 g/mol. The molecule has 1 aliphatic rings. The Morgan fingerprint density at radius 2 is 2.00 bits per heavy atom. The molecule has 1 fully saturated rings. The number of nitrogens with zero attached hydrogens (tertiary/aromatic N) is 2. The zero-order valence-corrected chi connectivity index (χ0v) is 17.1. The van der Waals surface area contributed by atoms with Gasteiger partial charge in [-0.3, -0.25) is 24.6 Å². The number of rotatable bonds is 5. The fourth-order valence-corrected chi connectivity index (χ4v) is 3.61. The molecule has 0 spiro atoms. The number of urea groups is 1. The lowest BCUT2D eigenvalue weighted by Crippen LogP contribution is -2.42. The second-order valence-corrected chi connectivity index (χ2v) is 7.64. The van der Waals surface area contributed by atoms with Crippen molar-refractivity contribution in [3.05, 3.63) is 68.2 Å². The van der Waals surface area contributed by atoms with Crippen LogP contribution in [0.4, 0.5) is 16.2 Å². The lowest BCUT2D eigenvalue weighted by Gasteiger charge is -2.22. The predicted molar refractivity (Wildman–Crippen MR) is 108 cm³/mol. The van der Waals surface area contributed by atoms with Crippen LogP contribution in [0, 0.1) is 17.0 Å². The highest BCUT2D eigenvalue weighted by atomic mass is 79.9. The number of carbonyl (C=O) groups is 3. The Morgan fingerprint density at radius 1 is 1.28 bits per heavy atom. The Hall–Kier alpha value is -3.27. The number of nitro groups is 1. The zero-order valence-electron chi connectivity index (χ0n) is 15.6. The molecule has 1 aliphatic heterocycles. The Balaban J connectivity index is 1.79. The van der Waals surface area contributed by atoms with Crippen molar-refractivity contribution in [2.45, 2.75) is 19.4 Å². The van der Waals surface area contributed by atoms with Gasteiger partial charge < -0.3 is 10.6 Å². The number of imide groups is 1. The smallest absolute Gasteiger partial charge is 0.323 e. The van der Waals surface area contributed by atoms with Gasteiger partial charge in [-0.1, -0.05) is 18.2 Å². The van der Waals surface area contributed by atoms with E-state index in [1.165, 1.54) is 31.2 Å². The maximum Gasteiger partial charge on any atom is 0.325 e. The molecule has 1 heterocycles. The lowest BCUT2D eigenvalue weighted by molar-refractivity contribution is -0.385. The number of non-ortho nitro benzene ring substituents is 1. The fourth-order valence-electron chi connectivity index (χ4n) is 3.02. The summed E-state index contributed by atoms with van der Waals surface area (Å²) in [7, 11) is 0. The number of nitrogens with one attached hydrogen (secondary N) is 2. The molecular weight excluding hydrogens is 444 g/mol. The molecule has 2 N–H and O–H groups in total. The van der Waals surface area contributed by atoms with Gasteiger partial charge in [0.15, 0.2) is 0 Å². The molecule has 150 valence electrons. The van der Waals surface area contributed by atoms with Gasteiger partial charge in [0.25, 0.3) is 11.6 Å². The molecule has 4 amide bonds. The third-order valence-electron chi connectivity index (χ3n) is 4.61. The minimum atomic E-state index is -1.51. The number of hydrogen-bond acceptors (Lipinski definition) is 5. The normalized spacial score (nSPS) is 18.5. The van der Waals surface area contributed by atoms with Crippen molar-refractivity contribution in [3.8, 4) is 0 Å². The van der Waals surface area contributed by atoms with Crippen LogP contribution >= 0.6 is 15.9 Å². The number of benzene rings is 2. The summed E-state index contributed by atoms with van der Waals surface area (Å²) in [6.07, 6.45) is 0. The van der Waals surface area contributed by atoms with Gasteiger partial charge in [-0.2, -0.15) is 0 Å². The van der Waals surface area contributed by atoms with E-state index in [1.807, 2.05) is 19.1 Å². The zero-order chi connectivity index (χ0) is 21.3. The topological polar surface area (TPSA) is 122 Å². The highest BCUT2D eigenvalue weighted by molar-refractivity contribution is 9.10. The SMILES string of the molecule is Cc1ccc(NC(=O)CN2C(=O)NC(C)(c3cccc([N+](=O)[O-])c3)C2=O)c(Br)c1. The summed E-state index contributed by atoms with van der Waals surface area (Å²) in [5.41, 5.74) is 0.0552. The summed E-state index contributed by atoms with van der Waals surface area (Å²) in [5.74, 6) is -1.22. The van der Waals surface area contributed by atoms with E-state index in [0.29, 0.717) is 10.2 Å². The molecule has 9 nitrogen and oxygen atoms in total. The van der Waals surface area contributed by atoms with E-state index in [1.54, 1.807) is 6.07 Å². The third kappa shape index (κ3) is 3.97. The van der Waals surface area contributed by atoms with Gasteiger partial charge in [0.2, 0.25) is 5.91 Å². The molecule has 1 unspecified atom stereocenters. The number of carbonyl (C=O) groups excluding carboxylic acids is 3. The van der Waals surface area contributed by atoms with E-state index in [9.17, 15) is 24.5 Å². The minimum Gasteiger partial charge on any atom is -0.323 e. The highest BCUT2D eigenvalue weighted by Gasteiger charge is 2.49. The molecule has 0 bridgehead atoms. The number of hydrogen-bond donors (Lipinski definition) is 2. The Morgan fingerprint density at radius 3 is 2.66 bits per heavy atom. The standard InChI is InChI=1S/C19H17BrN4O5/c1-11-6-7-15(14(20)8-11)21-16(25)10-23-17(26)19(2,22-18(23)27)12-4-3-5-13(9-12)24(28)29/h3-9H,10H2,1-2H3,(H,21,25)(H,22,27). The average Bonchev–Trinajstić information content (AvgIpc) is 2.88. The number of halogens is 1. The molecule has 10 heteroatoms. The quantitative estimate of drug-likeness (QED) is 0.403. The third-order valence-corrected chi connectivity index (χ3v) is 5.27. The van der Waals surface area contributed by atoms with E-state index in [4.69, 9.17) is 0 Å². The van der Waals surface area contributed by atoms with E-state index in [0.717, 1.165) is 10.5 Å². The van der Waals surface area contributed by atoms with Gasteiger partial charge in [0.05, 0.1) is 10.6 Å². The van der Waals surface area contributed by atoms with Crippen molar-refractivity contribution in [2.24, 2.45) is 0 Å². The van der Waals surface area contributed by atoms with E-state index < -0.39 is 34.9 Å². The number of anilines is 1. The molecule has 0 radical (unpaired) electrons. The van der Waals surface area contributed by atoms with Gasteiger partial charge >= 0.3 is 6.03 Å². The van der Waals surface area contributed by atoms with Crippen LogP contribution in [-0.4, -0.2) is 34.2 Å². The second-order valence-electron chi connectivity index (χ2n) is 6.79. The first-order chi connectivity index (χ1) is 13.6. The van der Waals surface area contributed by atoms with Crippen LogP contribution in [0.3, 0.4) is 0 Å². The summed E-state index contributed by atoms with van der Waals surface area (Å²) in [6.45, 7) is 2.86. The molecule has 3 rings (SSSR count). The number of aryl methyl sites for hydroxylation is 1. The maximum atomic E-state index is 12.9. The van der Waals surface area contributed by atoms with Gasteiger partial charge in [0, 0.05) is 16.6 Å². The van der Waals surface area contributed by atoms with Crippen LogP contribution in [0.1, 0.15) is 18.1 Å². The highest BCUT2D eigenvalue weighted by Crippen LogP contribution is 2.31. The van der Waals surface area contributed by atoms with Crippen molar-refractivity contribution < 1.29 is 19.3 Å². The summed E-state index contributed by atoms with van der Waals surface area (Å²) >= 11 is 3.35. The first-order valence-corrected chi connectivity index (χ1v) is 9.36. The van der Waals surface area contributed by atoms with Gasteiger partial charge in [-0.25, -0.2) is 4.79 Å². The first-order valence-electron chi connectivity index (χ1n) is 8.57. The summed E-state index contributed by atoms with van der Waals surface area (Å²) < 4.78 is 0.671. The Labute approximate surface area is 174 Å². The molecule has 0 aromatic heterocycles. The second kappa shape index (κ2) is 7.63. The Bertz CT molecular complexity index is 1040. The van der Waals surface area contributed by atoms with Gasteiger partial charge in [0.1, 0.15) is 12.1 Å². The molecule has 0 saturated carbocycles. The molecule has 2 aromatic carbocycles. The Kier molecular flexibility index (Phi) is 5.38. The lowest BCUT2D eigenvalue weighted by atomic mass is 9.91. The van der Waals surface area contributed by atoms with Crippen molar-refractivity contribution in [1.29, 1.82) is 0 Å². The van der Waals surface area contributed by atoms with Crippen LogP contribution in [0.25, 0.3) is 0 Å². The first kappa shape index (κ1) is 20.5. The minimum absolute atomic E-state index is 0.203. The van der Waals surface area contributed by atoms with E-state index in [-0.39, 0.29) is 11.3 Å². The van der Waals surface area contributed by atoms with E-state index >= 15 is 0 Å². The van der Waals surface area contributed by atoms with Crippen LogP contribution < -0.4 is 10.6 Å². The van der Waals surface area contributed by atoms with Crippen molar-refractivity contribution in [3.63, 3.8) is 0 Å². The average molecular weight is 461 g/mol. The van der Waals surface area contributed by atoms with Crippen LogP contribution in [0.2, 0.25) is 0 Å². The fraction of sp³-hybridized carbons (Fsp3) is 0.211.